The number of aromatic nitrogens is 1. The van der Waals surface area contributed by atoms with Crippen LogP contribution in [0.4, 0.5) is 0 Å². The second kappa shape index (κ2) is 59.6. The van der Waals surface area contributed by atoms with Crippen molar-refractivity contribution in [1.82, 2.24) is 9.88 Å². The Hall–Kier alpha value is -2.03. The third-order valence-corrected chi connectivity index (χ3v) is 16.7. The fourth-order valence-corrected chi connectivity index (χ4v) is 11.5. The minimum atomic E-state index is -0.438. The number of hydrogen-bond acceptors (Lipinski definition) is 8. The lowest BCUT2D eigenvalue weighted by Crippen LogP contribution is -2.45. The summed E-state index contributed by atoms with van der Waals surface area (Å²) >= 11 is 0. The summed E-state index contributed by atoms with van der Waals surface area (Å²) in [5, 5.41) is 9.56. The summed E-state index contributed by atoms with van der Waals surface area (Å²) in [5.74, 6) is 0.486. The zero-order valence-electron chi connectivity index (χ0n) is 52.5. The van der Waals surface area contributed by atoms with Crippen LogP contribution in [0.5, 0.6) is 0 Å². The van der Waals surface area contributed by atoms with Gasteiger partial charge in [-0.3, -0.25) is 19.5 Å². The highest BCUT2D eigenvalue weighted by Gasteiger charge is 2.28. The molecule has 0 aliphatic carbocycles. The lowest BCUT2D eigenvalue weighted by molar-refractivity contribution is -0.151. The van der Waals surface area contributed by atoms with Crippen LogP contribution in [0.3, 0.4) is 0 Å². The second-order valence-electron chi connectivity index (χ2n) is 24.1. The van der Waals surface area contributed by atoms with Crippen LogP contribution in [0.15, 0.2) is 24.5 Å². The molecule has 78 heavy (non-hydrogen) atoms. The second-order valence-corrected chi connectivity index (χ2v) is 24.1. The first-order valence-corrected chi connectivity index (χ1v) is 34.6. The van der Waals surface area contributed by atoms with Crippen LogP contribution in [-0.2, 0) is 30.2 Å². The smallest absolute Gasteiger partial charge is 0.323 e. The van der Waals surface area contributed by atoms with Crippen molar-refractivity contribution in [3.63, 3.8) is 0 Å². The third-order valence-electron chi connectivity index (χ3n) is 16.7. The summed E-state index contributed by atoms with van der Waals surface area (Å²) in [6.07, 6.45) is 65.2. The molecular formula is C70H132N2O6. The lowest BCUT2D eigenvalue weighted by atomic mass is 9.94. The molecule has 1 rings (SSSR count). The molecule has 3 atom stereocenters. The Morgan fingerprint density at radius 3 is 1.23 bits per heavy atom. The summed E-state index contributed by atoms with van der Waals surface area (Å²) in [7, 11) is 0. The molecule has 3 unspecified atom stereocenters. The standard InChI is InChI=1S/C70H132N2O6/c1-5-9-13-17-21-25-27-30-34-42-51-65(50-41-33-29-23-19-15-11-7-3)64-76-59-47-39-37-45-56-72(68(70(75)78-61-58-73)62-66-52-49-55-71-63-66)57-46-38-40-48-60-77-69(74)67(53-43-35-31-24-20-16-12-8-4)54-44-36-32-28-26-22-18-14-10-6-2/h49,52,55,63,65,67-68,73H,5-48,50-51,53-54,56-62,64H2,1-4H3. The molecule has 0 bridgehead atoms. The summed E-state index contributed by atoms with van der Waals surface area (Å²) in [4.78, 5) is 33.9. The fourth-order valence-electron chi connectivity index (χ4n) is 11.5. The first-order chi connectivity index (χ1) is 38.5. The van der Waals surface area contributed by atoms with E-state index in [9.17, 15) is 14.7 Å². The molecule has 0 spiro atoms. The number of aliphatic hydroxyl groups is 1. The molecule has 8 nitrogen and oxygen atoms in total. The molecule has 0 fully saturated rings. The van der Waals surface area contributed by atoms with Gasteiger partial charge in [-0.25, -0.2) is 0 Å². The first-order valence-electron chi connectivity index (χ1n) is 34.6. The minimum absolute atomic E-state index is 0.00735. The number of carbonyl (C=O) groups is 2. The van der Waals surface area contributed by atoms with E-state index < -0.39 is 6.04 Å². The molecule has 1 N–H and O–H groups in total. The minimum Gasteiger partial charge on any atom is -0.465 e. The Bertz CT molecular complexity index is 1360. The van der Waals surface area contributed by atoms with Gasteiger partial charge in [-0.2, -0.15) is 0 Å². The topological polar surface area (TPSA) is 98.2 Å². The number of rotatable bonds is 63. The molecule has 1 heterocycles. The van der Waals surface area contributed by atoms with E-state index in [1.54, 1.807) is 6.20 Å². The van der Waals surface area contributed by atoms with Crippen LogP contribution in [0.25, 0.3) is 0 Å². The van der Waals surface area contributed by atoms with E-state index in [2.05, 4.69) is 37.6 Å². The van der Waals surface area contributed by atoms with Crippen LogP contribution in [-0.4, -0.2) is 79.1 Å². The molecular weight excluding hydrogens is 965 g/mol. The number of ether oxygens (including phenoxy) is 3. The quantitative estimate of drug-likeness (QED) is 0.0509. The van der Waals surface area contributed by atoms with Crippen molar-refractivity contribution in [1.29, 1.82) is 0 Å². The van der Waals surface area contributed by atoms with Crippen LogP contribution in [0.1, 0.15) is 341 Å². The molecule has 0 saturated carbocycles. The molecule has 8 heteroatoms. The summed E-state index contributed by atoms with van der Waals surface area (Å²) in [6.45, 7) is 12.8. The zero-order chi connectivity index (χ0) is 56.3. The summed E-state index contributed by atoms with van der Waals surface area (Å²) < 4.78 is 18.1. The van der Waals surface area contributed by atoms with Crippen molar-refractivity contribution in [2.45, 2.75) is 348 Å². The van der Waals surface area contributed by atoms with Crippen molar-refractivity contribution in [2.24, 2.45) is 11.8 Å². The van der Waals surface area contributed by atoms with E-state index >= 15 is 0 Å². The van der Waals surface area contributed by atoms with Gasteiger partial charge in [-0.15, -0.1) is 0 Å². The number of unbranched alkanes of at least 4 members (excludes halogenated alkanes) is 38. The van der Waals surface area contributed by atoms with Crippen LogP contribution in [0, 0.1) is 11.8 Å². The number of nitrogens with zero attached hydrogens (tertiary/aromatic N) is 2. The molecule has 1 aromatic heterocycles. The van der Waals surface area contributed by atoms with Crippen molar-refractivity contribution in [3.8, 4) is 0 Å². The Balaban J connectivity index is 2.70. The normalized spacial score (nSPS) is 12.8. The molecule has 0 aliphatic heterocycles. The average molecular weight is 1100 g/mol. The van der Waals surface area contributed by atoms with E-state index in [4.69, 9.17) is 14.2 Å². The summed E-state index contributed by atoms with van der Waals surface area (Å²) in [6, 6.07) is 3.53. The van der Waals surface area contributed by atoms with Gasteiger partial charge in [0.2, 0.25) is 0 Å². The number of pyridine rings is 1. The molecule has 0 saturated heterocycles. The highest BCUT2D eigenvalue weighted by molar-refractivity contribution is 5.76. The predicted octanol–water partition coefficient (Wildman–Crippen LogP) is 20.4. The van der Waals surface area contributed by atoms with E-state index in [1.165, 1.54) is 231 Å². The third kappa shape index (κ3) is 47.6. The summed E-state index contributed by atoms with van der Waals surface area (Å²) in [5.41, 5.74) is 1.01. The molecule has 0 radical (unpaired) electrons. The average Bonchev–Trinajstić information content (AvgIpc) is 3.45. The number of aliphatic hydroxyl groups excluding tert-OH is 1. The van der Waals surface area contributed by atoms with Gasteiger partial charge in [-0.1, -0.05) is 291 Å². The highest BCUT2D eigenvalue weighted by Crippen LogP contribution is 2.24. The highest BCUT2D eigenvalue weighted by atomic mass is 16.5. The Morgan fingerprint density at radius 1 is 0.449 bits per heavy atom. The van der Waals surface area contributed by atoms with E-state index in [0.29, 0.717) is 18.9 Å². The molecule has 0 aliphatic rings. The van der Waals surface area contributed by atoms with Gasteiger partial charge in [0, 0.05) is 32.0 Å². The number of esters is 2. The Labute approximate surface area is 485 Å². The fraction of sp³-hybridized carbons (Fsp3) is 0.900. The monoisotopic (exact) mass is 1100 g/mol. The number of carbonyl (C=O) groups excluding carboxylic acids is 2. The molecule has 1 aromatic rings. The van der Waals surface area contributed by atoms with Gasteiger partial charge in [0.1, 0.15) is 12.6 Å². The Kier molecular flexibility index (Phi) is 56.5. The largest absolute Gasteiger partial charge is 0.465 e. The first kappa shape index (κ1) is 74.0. The maximum Gasteiger partial charge on any atom is 0.323 e. The van der Waals surface area contributed by atoms with Crippen molar-refractivity contribution in [2.75, 3.05) is 46.1 Å². The van der Waals surface area contributed by atoms with Crippen LogP contribution < -0.4 is 0 Å². The van der Waals surface area contributed by atoms with E-state index in [-0.39, 0.29) is 31.1 Å². The Morgan fingerprint density at radius 2 is 0.821 bits per heavy atom. The maximum atomic E-state index is 13.7. The lowest BCUT2D eigenvalue weighted by Gasteiger charge is -2.30. The molecule has 0 amide bonds. The molecule has 0 aromatic carbocycles. The van der Waals surface area contributed by atoms with E-state index in [1.807, 2.05) is 18.3 Å². The van der Waals surface area contributed by atoms with Gasteiger partial charge in [-0.05, 0) is 82.0 Å². The molecule has 458 valence electrons. The SMILES string of the molecule is CCCCCCCCCCCCC(CCCCCCCCCC)COCCCCCCN(CCCCCCOC(=O)C(CCCCCCCCCC)CCCCCCCCCCCC)C(Cc1cccnc1)C(=O)OCCO. The van der Waals surface area contributed by atoms with Gasteiger partial charge < -0.3 is 19.3 Å². The maximum absolute atomic E-state index is 13.7. The predicted molar refractivity (Wildman–Crippen MR) is 334 cm³/mol. The van der Waals surface area contributed by atoms with Gasteiger partial charge in [0.25, 0.3) is 0 Å². The van der Waals surface area contributed by atoms with Gasteiger partial charge in [0.05, 0.1) is 19.1 Å². The van der Waals surface area contributed by atoms with Crippen molar-refractivity contribution < 1.29 is 28.9 Å². The van der Waals surface area contributed by atoms with Gasteiger partial charge >= 0.3 is 11.9 Å². The van der Waals surface area contributed by atoms with Gasteiger partial charge in [0.15, 0.2) is 0 Å². The van der Waals surface area contributed by atoms with Crippen LogP contribution >= 0.6 is 0 Å². The van der Waals surface area contributed by atoms with Crippen LogP contribution in [0.2, 0.25) is 0 Å². The number of hydrogen-bond donors (Lipinski definition) is 1. The van der Waals surface area contributed by atoms with E-state index in [0.717, 1.165) is 109 Å². The van der Waals surface area contributed by atoms with Crippen molar-refractivity contribution in [3.05, 3.63) is 30.1 Å². The zero-order valence-corrected chi connectivity index (χ0v) is 52.5. The van der Waals surface area contributed by atoms with Crippen molar-refractivity contribution >= 4 is 11.9 Å².